The van der Waals surface area contributed by atoms with Gasteiger partial charge in [0.1, 0.15) is 0 Å². The Bertz CT molecular complexity index is 831. The van der Waals surface area contributed by atoms with Crippen molar-refractivity contribution in [3.05, 3.63) is 24.3 Å². The largest absolute Gasteiger partial charge is 0.411 e. The fraction of sp³-hybridized carbons (Fsp3) is 0.333. The van der Waals surface area contributed by atoms with Crippen LogP contribution in [0.15, 0.2) is 39.5 Å². The number of sulfonamides is 1. The lowest BCUT2D eigenvalue weighted by Crippen LogP contribution is -2.12. The summed E-state index contributed by atoms with van der Waals surface area (Å²) < 4.78 is 24.1. The van der Waals surface area contributed by atoms with Crippen molar-refractivity contribution in [3.8, 4) is 5.69 Å². The Labute approximate surface area is 136 Å². The average molecular weight is 354 g/mol. The second-order valence-corrected chi connectivity index (χ2v) is 7.73. The van der Waals surface area contributed by atoms with Crippen LogP contribution in [-0.4, -0.2) is 44.8 Å². The van der Waals surface area contributed by atoms with Gasteiger partial charge in [0.15, 0.2) is 0 Å². The molecule has 1 aromatic carbocycles. The Kier molecular flexibility index (Phi) is 4.33. The van der Waals surface area contributed by atoms with E-state index < -0.39 is 10.0 Å². The van der Waals surface area contributed by atoms with E-state index in [4.69, 9.17) is 10.3 Å². The molecule has 1 heterocycles. The third-order valence-corrected chi connectivity index (χ3v) is 5.68. The minimum Gasteiger partial charge on any atom is -0.411 e. The van der Waals surface area contributed by atoms with Crippen LogP contribution in [0, 0.1) is 0 Å². The Morgan fingerprint density at radius 2 is 2.09 bits per heavy atom. The summed E-state index contributed by atoms with van der Waals surface area (Å²) in [5.41, 5.74) is 1.35. The van der Waals surface area contributed by atoms with Crippen molar-refractivity contribution in [1.29, 1.82) is 0 Å². The Morgan fingerprint density at radius 1 is 1.35 bits per heavy atom. The summed E-state index contributed by atoms with van der Waals surface area (Å²) in [4.78, 5) is 0.0222. The first-order valence-corrected chi connectivity index (χ1v) is 9.21. The summed E-state index contributed by atoms with van der Waals surface area (Å²) >= 11 is 1.41. The zero-order valence-electron chi connectivity index (χ0n) is 11.9. The molecule has 9 nitrogen and oxygen atoms in total. The fourth-order valence-corrected chi connectivity index (χ4v) is 4.04. The van der Waals surface area contributed by atoms with Crippen molar-refractivity contribution in [2.75, 3.05) is 0 Å². The lowest BCUT2D eigenvalue weighted by molar-refractivity contribution is 0.317. The highest BCUT2D eigenvalue weighted by molar-refractivity contribution is 8.00. The Hall–Kier alpha value is -1.98. The molecule has 122 valence electrons. The number of benzene rings is 1. The van der Waals surface area contributed by atoms with Crippen molar-refractivity contribution < 1.29 is 13.6 Å². The number of rotatable bonds is 4. The van der Waals surface area contributed by atoms with E-state index in [2.05, 4.69) is 20.7 Å². The van der Waals surface area contributed by atoms with Gasteiger partial charge >= 0.3 is 0 Å². The van der Waals surface area contributed by atoms with Gasteiger partial charge in [-0.3, -0.25) is 0 Å². The number of nitrogens with zero attached hydrogens (tertiary/aromatic N) is 5. The van der Waals surface area contributed by atoms with Crippen molar-refractivity contribution in [2.24, 2.45) is 10.3 Å². The van der Waals surface area contributed by atoms with Crippen LogP contribution in [0.4, 0.5) is 0 Å². The SMILES string of the molecule is NS(=O)(=O)c1ccc(-n2nnnc2SC2CCC/C2=N\O)cc1. The van der Waals surface area contributed by atoms with E-state index in [0.29, 0.717) is 10.8 Å². The highest BCUT2D eigenvalue weighted by Crippen LogP contribution is 2.32. The van der Waals surface area contributed by atoms with Crippen LogP contribution >= 0.6 is 11.8 Å². The van der Waals surface area contributed by atoms with Crippen LogP contribution in [-0.2, 0) is 10.0 Å². The second-order valence-electron chi connectivity index (χ2n) is 5.00. The molecule has 0 spiro atoms. The van der Waals surface area contributed by atoms with Gasteiger partial charge in [-0.2, -0.15) is 4.68 Å². The third-order valence-electron chi connectivity index (χ3n) is 3.50. The quantitative estimate of drug-likeness (QED) is 0.611. The van der Waals surface area contributed by atoms with E-state index in [1.165, 1.54) is 28.6 Å². The molecule has 1 aliphatic carbocycles. The number of oxime groups is 1. The molecule has 3 N–H and O–H groups in total. The molecule has 2 aromatic rings. The number of nitrogens with two attached hydrogens (primary N) is 1. The van der Waals surface area contributed by atoms with E-state index in [9.17, 15) is 8.42 Å². The number of primary sulfonamides is 1. The molecule has 0 radical (unpaired) electrons. The monoisotopic (exact) mass is 354 g/mol. The molecule has 0 saturated heterocycles. The average Bonchev–Trinajstić information content (AvgIpc) is 3.16. The van der Waals surface area contributed by atoms with Crippen molar-refractivity contribution in [3.63, 3.8) is 0 Å². The van der Waals surface area contributed by atoms with Gasteiger partial charge in [-0.25, -0.2) is 13.6 Å². The van der Waals surface area contributed by atoms with Gasteiger partial charge in [0.25, 0.3) is 0 Å². The van der Waals surface area contributed by atoms with Gasteiger partial charge < -0.3 is 5.21 Å². The molecular formula is C12H14N6O3S2. The maximum absolute atomic E-state index is 11.3. The predicted octanol–water partition coefficient (Wildman–Crippen LogP) is 0.784. The predicted molar refractivity (Wildman–Crippen MR) is 83.2 cm³/mol. The van der Waals surface area contributed by atoms with Crippen LogP contribution in [0.5, 0.6) is 0 Å². The van der Waals surface area contributed by atoms with Crippen molar-refractivity contribution in [1.82, 2.24) is 20.2 Å². The summed E-state index contributed by atoms with van der Waals surface area (Å²) in [6.07, 6.45) is 2.61. The lowest BCUT2D eigenvalue weighted by Gasteiger charge is -2.09. The zero-order chi connectivity index (χ0) is 16.4. The van der Waals surface area contributed by atoms with Crippen LogP contribution in [0.3, 0.4) is 0 Å². The molecular weight excluding hydrogens is 340 g/mol. The van der Waals surface area contributed by atoms with Gasteiger partial charge in [0.05, 0.1) is 21.5 Å². The van der Waals surface area contributed by atoms with E-state index in [1.807, 2.05) is 0 Å². The van der Waals surface area contributed by atoms with E-state index in [1.54, 1.807) is 12.1 Å². The summed E-state index contributed by atoms with van der Waals surface area (Å²) in [5.74, 6) is 0. The molecule has 11 heteroatoms. The summed E-state index contributed by atoms with van der Waals surface area (Å²) in [6, 6.07) is 5.96. The number of thioether (sulfide) groups is 1. The summed E-state index contributed by atoms with van der Waals surface area (Å²) in [6.45, 7) is 0. The molecule has 3 rings (SSSR count). The smallest absolute Gasteiger partial charge is 0.238 e. The van der Waals surface area contributed by atoms with Crippen molar-refractivity contribution >= 4 is 27.5 Å². The number of tetrazole rings is 1. The van der Waals surface area contributed by atoms with Crippen LogP contribution in [0.25, 0.3) is 5.69 Å². The van der Waals surface area contributed by atoms with Gasteiger partial charge in [-0.15, -0.1) is 5.10 Å². The van der Waals surface area contributed by atoms with Crippen LogP contribution in [0.1, 0.15) is 19.3 Å². The maximum Gasteiger partial charge on any atom is 0.238 e. The summed E-state index contributed by atoms with van der Waals surface area (Å²) in [7, 11) is -3.74. The molecule has 0 aliphatic heterocycles. The zero-order valence-corrected chi connectivity index (χ0v) is 13.5. The Morgan fingerprint density at radius 3 is 2.74 bits per heavy atom. The number of aromatic nitrogens is 4. The maximum atomic E-state index is 11.3. The molecule has 23 heavy (non-hydrogen) atoms. The third kappa shape index (κ3) is 3.35. The molecule has 1 atom stereocenters. The molecule has 1 unspecified atom stereocenters. The molecule has 0 amide bonds. The summed E-state index contributed by atoms with van der Waals surface area (Å²) in [5, 5.41) is 29.6. The minimum atomic E-state index is -3.74. The van der Waals surface area contributed by atoms with Crippen LogP contribution < -0.4 is 5.14 Å². The van der Waals surface area contributed by atoms with Gasteiger partial charge in [-0.05, 0) is 54.0 Å². The molecule has 1 saturated carbocycles. The highest BCUT2D eigenvalue weighted by atomic mass is 32.2. The minimum absolute atomic E-state index is 0.0222. The fourth-order valence-electron chi connectivity index (χ4n) is 2.36. The molecule has 0 bridgehead atoms. The number of hydrogen-bond acceptors (Lipinski definition) is 8. The lowest BCUT2D eigenvalue weighted by atomic mass is 10.3. The molecule has 1 fully saturated rings. The van der Waals surface area contributed by atoms with Gasteiger partial charge in [-0.1, -0.05) is 16.9 Å². The molecule has 1 aliphatic rings. The second kappa shape index (κ2) is 6.26. The first-order chi connectivity index (χ1) is 11.0. The van der Waals surface area contributed by atoms with E-state index in [-0.39, 0.29) is 10.1 Å². The first-order valence-electron chi connectivity index (χ1n) is 6.78. The van der Waals surface area contributed by atoms with Crippen LogP contribution in [0.2, 0.25) is 0 Å². The first kappa shape index (κ1) is 15.9. The highest BCUT2D eigenvalue weighted by Gasteiger charge is 2.26. The van der Waals surface area contributed by atoms with Gasteiger partial charge in [0.2, 0.25) is 15.2 Å². The molecule has 1 aromatic heterocycles. The van der Waals surface area contributed by atoms with Gasteiger partial charge in [0, 0.05) is 0 Å². The standard InChI is InChI=1S/C12H14N6O3S2/c13-23(20,21)9-6-4-8(5-7-9)18-12(14-16-17-18)22-11-3-1-2-10(11)15-19/h4-7,11,19H,1-3H2,(H2,13,20,21)/b15-10+. The topological polar surface area (TPSA) is 136 Å². The van der Waals surface area contributed by atoms with E-state index >= 15 is 0 Å². The normalized spacial score (nSPS) is 20.2. The van der Waals surface area contributed by atoms with E-state index in [0.717, 1.165) is 25.0 Å². The number of hydrogen-bond donors (Lipinski definition) is 2. The van der Waals surface area contributed by atoms with Crippen molar-refractivity contribution in [2.45, 2.75) is 34.6 Å². The Balaban J connectivity index is 1.86.